The van der Waals surface area contributed by atoms with E-state index in [-0.39, 0.29) is 17.3 Å². The van der Waals surface area contributed by atoms with Crippen molar-refractivity contribution in [3.8, 4) is 0 Å². The van der Waals surface area contributed by atoms with Crippen LogP contribution in [-0.2, 0) is 14.8 Å². The summed E-state index contributed by atoms with van der Waals surface area (Å²) in [5.41, 5.74) is 8.27. The molecule has 0 aromatic heterocycles. The lowest BCUT2D eigenvalue weighted by Crippen LogP contribution is -2.50. The summed E-state index contributed by atoms with van der Waals surface area (Å²) in [6, 6.07) is 12.0. The summed E-state index contributed by atoms with van der Waals surface area (Å²) in [6.07, 6.45) is 3.35. The number of rotatable bonds is 7. The number of anilines is 2. The van der Waals surface area contributed by atoms with Crippen LogP contribution in [0.1, 0.15) is 35.2 Å². The van der Waals surface area contributed by atoms with Crippen LogP contribution in [0.5, 0.6) is 0 Å². The van der Waals surface area contributed by atoms with Crippen molar-refractivity contribution in [3.05, 3.63) is 53.6 Å². The van der Waals surface area contributed by atoms with Crippen LogP contribution >= 0.6 is 0 Å². The Morgan fingerprint density at radius 2 is 1.57 bits per heavy atom. The molecule has 2 aromatic carbocycles. The average Bonchev–Trinajstić information content (AvgIpc) is 2.85. The Morgan fingerprint density at radius 3 is 2.20 bits per heavy atom. The van der Waals surface area contributed by atoms with Gasteiger partial charge in [0.25, 0.3) is 0 Å². The van der Waals surface area contributed by atoms with Crippen molar-refractivity contribution in [2.24, 2.45) is 5.73 Å². The number of nitrogens with one attached hydrogen (secondary N) is 1. The summed E-state index contributed by atoms with van der Waals surface area (Å²) in [6.45, 7) is 5.40. The molecular weight excluding hydrogens is 466 g/mol. The molecule has 0 saturated carbocycles. The van der Waals surface area contributed by atoms with Crippen molar-refractivity contribution >= 4 is 33.2 Å². The van der Waals surface area contributed by atoms with Gasteiger partial charge in [-0.05, 0) is 56.5 Å². The van der Waals surface area contributed by atoms with E-state index >= 15 is 0 Å². The lowest BCUT2D eigenvalue weighted by Gasteiger charge is -2.34. The molecule has 10 heteroatoms. The molecule has 0 atom stereocenters. The van der Waals surface area contributed by atoms with Crippen molar-refractivity contribution in [1.82, 2.24) is 9.21 Å². The summed E-state index contributed by atoms with van der Waals surface area (Å²) in [7, 11) is -3.55. The zero-order chi connectivity index (χ0) is 25.0. The van der Waals surface area contributed by atoms with Crippen molar-refractivity contribution in [1.29, 1.82) is 0 Å². The Morgan fingerprint density at radius 1 is 0.914 bits per heavy atom. The molecule has 2 aromatic rings. The van der Waals surface area contributed by atoms with E-state index in [0.29, 0.717) is 37.4 Å². The second kappa shape index (κ2) is 10.8. The molecule has 2 aliphatic heterocycles. The topological polar surface area (TPSA) is 116 Å². The number of primary amides is 1. The maximum absolute atomic E-state index is 12.9. The van der Waals surface area contributed by atoms with E-state index in [1.807, 2.05) is 17.9 Å². The number of sulfonamides is 1. The number of hydrogen-bond donors (Lipinski definition) is 2. The zero-order valence-electron chi connectivity index (χ0n) is 20.1. The number of benzene rings is 2. The molecule has 0 bridgehead atoms. The van der Waals surface area contributed by atoms with Gasteiger partial charge in [0, 0.05) is 44.8 Å². The normalized spacial score (nSPS) is 17.8. The van der Waals surface area contributed by atoms with Crippen molar-refractivity contribution in [2.75, 3.05) is 56.0 Å². The molecule has 0 radical (unpaired) electrons. The Labute approximate surface area is 206 Å². The van der Waals surface area contributed by atoms with Crippen LogP contribution in [0.2, 0.25) is 0 Å². The molecule has 35 heavy (non-hydrogen) atoms. The number of nitrogens with zero attached hydrogens (tertiary/aromatic N) is 3. The highest BCUT2D eigenvalue weighted by Crippen LogP contribution is 2.30. The van der Waals surface area contributed by atoms with Gasteiger partial charge in [-0.1, -0.05) is 17.7 Å². The van der Waals surface area contributed by atoms with E-state index in [4.69, 9.17) is 5.73 Å². The summed E-state index contributed by atoms with van der Waals surface area (Å²) in [4.78, 5) is 29.1. The first-order valence-corrected chi connectivity index (χ1v) is 13.5. The average molecular weight is 500 g/mol. The van der Waals surface area contributed by atoms with E-state index in [2.05, 4.69) is 10.2 Å². The van der Waals surface area contributed by atoms with Crippen molar-refractivity contribution in [2.45, 2.75) is 31.1 Å². The summed E-state index contributed by atoms with van der Waals surface area (Å²) < 4.78 is 27.3. The number of aryl methyl sites for hydroxylation is 1. The van der Waals surface area contributed by atoms with Crippen LogP contribution < -0.4 is 16.0 Å². The molecule has 0 spiro atoms. The molecule has 9 nitrogen and oxygen atoms in total. The first-order chi connectivity index (χ1) is 16.7. The summed E-state index contributed by atoms with van der Waals surface area (Å²) >= 11 is 0. The highest BCUT2D eigenvalue weighted by molar-refractivity contribution is 7.89. The van der Waals surface area contributed by atoms with Crippen LogP contribution in [-0.4, -0.2) is 75.3 Å². The van der Waals surface area contributed by atoms with Crippen LogP contribution in [0.25, 0.3) is 0 Å². The van der Waals surface area contributed by atoms with Gasteiger partial charge in [0.05, 0.1) is 22.8 Å². The van der Waals surface area contributed by atoms with Gasteiger partial charge in [-0.15, -0.1) is 0 Å². The van der Waals surface area contributed by atoms with Gasteiger partial charge in [-0.25, -0.2) is 8.42 Å². The molecule has 188 valence electrons. The van der Waals surface area contributed by atoms with E-state index in [0.717, 1.165) is 37.2 Å². The van der Waals surface area contributed by atoms with Gasteiger partial charge in [0.15, 0.2) is 0 Å². The molecule has 2 heterocycles. The molecule has 3 N–H and O–H groups in total. The Balaban J connectivity index is 1.38. The van der Waals surface area contributed by atoms with Gasteiger partial charge in [-0.3, -0.25) is 14.5 Å². The third-order valence-electron chi connectivity index (χ3n) is 6.61. The van der Waals surface area contributed by atoms with Gasteiger partial charge in [0.1, 0.15) is 0 Å². The first-order valence-electron chi connectivity index (χ1n) is 12.0. The monoisotopic (exact) mass is 499 g/mol. The minimum Gasteiger partial charge on any atom is -0.370 e. The molecule has 0 aliphatic carbocycles. The molecule has 0 unspecified atom stereocenters. The number of hydrogen-bond acceptors (Lipinski definition) is 6. The first kappa shape index (κ1) is 25.2. The lowest BCUT2D eigenvalue weighted by molar-refractivity contribution is -0.117. The molecule has 2 amide bonds. The van der Waals surface area contributed by atoms with Crippen LogP contribution in [0.3, 0.4) is 0 Å². The molecule has 4 rings (SSSR count). The predicted octanol–water partition coefficient (Wildman–Crippen LogP) is 2.03. The fourth-order valence-electron chi connectivity index (χ4n) is 4.58. The van der Waals surface area contributed by atoms with Crippen molar-refractivity contribution in [3.63, 3.8) is 0 Å². The zero-order valence-corrected chi connectivity index (χ0v) is 20.9. The number of amides is 2. The Hall–Kier alpha value is -2.95. The fourth-order valence-corrected chi connectivity index (χ4v) is 6.00. The van der Waals surface area contributed by atoms with Gasteiger partial charge < -0.3 is 16.0 Å². The van der Waals surface area contributed by atoms with Gasteiger partial charge in [-0.2, -0.15) is 4.31 Å². The summed E-state index contributed by atoms with van der Waals surface area (Å²) in [5, 5.41) is 2.96. The van der Waals surface area contributed by atoms with Gasteiger partial charge in [0.2, 0.25) is 21.8 Å². The van der Waals surface area contributed by atoms with Gasteiger partial charge >= 0.3 is 0 Å². The fraction of sp³-hybridized carbons (Fsp3) is 0.440. The number of carbonyl (C=O) groups is 2. The van der Waals surface area contributed by atoms with E-state index in [9.17, 15) is 18.0 Å². The third-order valence-corrected chi connectivity index (χ3v) is 8.52. The largest absolute Gasteiger partial charge is 0.370 e. The number of piperidine rings is 1. The van der Waals surface area contributed by atoms with Crippen molar-refractivity contribution < 1.29 is 18.0 Å². The smallest absolute Gasteiger partial charge is 0.248 e. The van der Waals surface area contributed by atoms with Crippen LogP contribution in [0.4, 0.5) is 11.4 Å². The predicted molar refractivity (Wildman–Crippen MR) is 136 cm³/mol. The highest BCUT2D eigenvalue weighted by Gasteiger charge is 2.29. The maximum Gasteiger partial charge on any atom is 0.248 e. The quantitative estimate of drug-likeness (QED) is 0.602. The van der Waals surface area contributed by atoms with E-state index < -0.39 is 15.9 Å². The molecule has 2 aliphatic rings. The number of carbonyl (C=O) groups excluding carboxylic acids is 2. The van der Waals surface area contributed by atoms with Crippen LogP contribution in [0, 0.1) is 6.92 Å². The second-order valence-electron chi connectivity index (χ2n) is 9.19. The third kappa shape index (κ3) is 6.01. The summed E-state index contributed by atoms with van der Waals surface area (Å²) in [5.74, 6) is -0.753. The SMILES string of the molecule is Cc1ccc(S(=O)(=O)N2CCN(CC(=O)Nc3cc(C(N)=O)ccc3N3CCCCC3)CC2)cc1. The maximum atomic E-state index is 12.9. The molecule has 2 saturated heterocycles. The van der Waals surface area contributed by atoms with E-state index in [1.54, 1.807) is 36.4 Å². The van der Waals surface area contributed by atoms with E-state index in [1.165, 1.54) is 10.7 Å². The minimum atomic E-state index is -3.55. The Kier molecular flexibility index (Phi) is 7.73. The Bertz CT molecular complexity index is 1170. The lowest BCUT2D eigenvalue weighted by atomic mass is 10.1. The number of piperazine rings is 1. The second-order valence-corrected chi connectivity index (χ2v) is 11.1. The molecule has 2 fully saturated rings. The standard InChI is InChI=1S/C25H33N5O4S/c1-19-5-8-21(9-6-19)35(33,34)30-15-13-28(14-16-30)18-24(31)27-22-17-20(25(26)32)7-10-23(22)29-11-3-2-4-12-29/h5-10,17H,2-4,11-16,18H2,1H3,(H2,26,32)(H,27,31). The number of nitrogens with two attached hydrogens (primary N) is 1. The highest BCUT2D eigenvalue weighted by atomic mass is 32.2. The van der Waals surface area contributed by atoms with Crippen LogP contribution in [0.15, 0.2) is 47.4 Å². The molecular formula is C25H33N5O4S. The minimum absolute atomic E-state index is 0.138.